The molecule has 1 atom stereocenters. The third-order valence-electron chi connectivity index (χ3n) is 3.84. The van der Waals surface area contributed by atoms with Gasteiger partial charge < -0.3 is 15.2 Å². The van der Waals surface area contributed by atoms with Gasteiger partial charge in [-0.1, -0.05) is 19.9 Å². The number of nitrogens with two attached hydrogens (primary N) is 1. The summed E-state index contributed by atoms with van der Waals surface area (Å²) in [7, 11) is 0. The second-order valence-corrected chi connectivity index (χ2v) is 5.54. The molecule has 0 bridgehead atoms. The molecule has 0 saturated carbocycles. The minimum absolute atomic E-state index is 0.252. The topological polar surface area (TPSA) is 47.7 Å². The van der Waals surface area contributed by atoms with E-state index in [0.29, 0.717) is 6.54 Å². The highest BCUT2D eigenvalue weighted by Gasteiger charge is 2.20. The summed E-state index contributed by atoms with van der Waals surface area (Å²) < 4.78 is 11.5. The van der Waals surface area contributed by atoms with Crippen LogP contribution in [-0.4, -0.2) is 37.7 Å². The quantitative estimate of drug-likeness (QED) is 0.839. The zero-order chi connectivity index (χ0) is 15.1. The van der Waals surface area contributed by atoms with Gasteiger partial charge >= 0.3 is 0 Å². The summed E-state index contributed by atoms with van der Waals surface area (Å²) in [5.41, 5.74) is 7.29. The van der Waals surface area contributed by atoms with Gasteiger partial charge in [-0.2, -0.15) is 0 Å². The van der Waals surface area contributed by atoms with Crippen molar-refractivity contribution in [1.82, 2.24) is 4.90 Å². The first-order valence-electron chi connectivity index (χ1n) is 8.13. The summed E-state index contributed by atoms with van der Waals surface area (Å²) in [6, 6.07) is 6.51. The first-order valence-corrected chi connectivity index (χ1v) is 8.13. The van der Waals surface area contributed by atoms with E-state index < -0.39 is 0 Å². The zero-order valence-electron chi connectivity index (χ0n) is 13.3. The van der Waals surface area contributed by atoms with Crippen molar-refractivity contribution >= 4 is 0 Å². The molecular formula is C17H28N2O2. The Morgan fingerprint density at radius 1 is 1.10 bits per heavy atom. The third-order valence-corrected chi connectivity index (χ3v) is 3.84. The Morgan fingerprint density at radius 2 is 1.76 bits per heavy atom. The van der Waals surface area contributed by atoms with Crippen LogP contribution in [0.5, 0.6) is 11.5 Å². The van der Waals surface area contributed by atoms with E-state index >= 15 is 0 Å². The number of benzene rings is 1. The molecule has 1 aliphatic rings. The predicted octanol–water partition coefficient (Wildman–Crippen LogP) is 2.97. The second kappa shape index (κ2) is 8.25. The van der Waals surface area contributed by atoms with Crippen molar-refractivity contribution < 1.29 is 9.47 Å². The molecule has 2 rings (SSSR count). The molecule has 1 heterocycles. The predicted molar refractivity (Wildman–Crippen MR) is 86.0 cm³/mol. The molecule has 0 aromatic heterocycles. The fourth-order valence-corrected chi connectivity index (χ4v) is 2.88. The minimum Gasteiger partial charge on any atom is -0.490 e. The van der Waals surface area contributed by atoms with Crippen LogP contribution < -0.4 is 15.2 Å². The molecule has 4 heteroatoms. The molecule has 118 valence electrons. The van der Waals surface area contributed by atoms with Crippen LogP contribution in [0.1, 0.15) is 44.7 Å². The van der Waals surface area contributed by atoms with Crippen LogP contribution >= 0.6 is 0 Å². The Hall–Kier alpha value is -1.26. The van der Waals surface area contributed by atoms with Gasteiger partial charge in [0, 0.05) is 19.0 Å². The molecule has 1 aromatic carbocycles. The lowest BCUT2D eigenvalue weighted by Crippen LogP contribution is -2.35. The summed E-state index contributed by atoms with van der Waals surface area (Å²) in [6.45, 7) is 8.64. The number of ether oxygens (including phenoxy) is 2. The Morgan fingerprint density at radius 3 is 2.38 bits per heavy atom. The molecule has 0 spiro atoms. The molecule has 0 fully saturated rings. The largest absolute Gasteiger partial charge is 0.490 e. The lowest BCUT2D eigenvalue weighted by Gasteiger charge is -2.31. The van der Waals surface area contributed by atoms with Crippen LogP contribution in [-0.2, 0) is 0 Å². The maximum Gasteiger partial charge on any atom is 0.161 e. The van der Waals surface area contributed by atoms with E-state index in [2.05, 4.69) is 30.9 Å². The summed E-state index contributed by atoms with van der Waals surface area (Å²) in [6.07, 6.45) is 3.21. The third kappa shape index (κ3) is 4.11. The van der Waals surface area contributed by atoms with Gasteiger partial charge in [0.05, 0.1) is 13.2 Å². The number of fused-ring (bicyclic) bond motifs is 1. The van der Waals surface area contributed by atoms with Gasteiger partial charge in [0.1, 0.15) is 0 Å². The summed E-state index contributed by atoms with van der Waals surface area (Å²) in [4.78, 5) is 2.47. The van der Waals surface area contributed by atoms with Gasteiger partial charge in [-0.25, -0.2) is 0 Å². The van der Waals surface area contributed by atoms with E-state index in [9.17, 15) is 0 Å². The van der Waals surface area contributed by atoms with Gasteiger partial charge in [-0.05, 0) is 43.6 Å². The Kier molecular flexibility index (Phi) is 6.33. The van der Waals surface area contributed by atoms with Crippen molar-refractivity contribution in [3.05, 3.63) is 23.8 Å². The number of rotatable bonds is 7. The van der Waals surface area contributed by atoms with Gasteiger partial charge in [0.25, 0.3) is 0 Å². The average molecular weight is 292 g/mol. The number of hydrogen-bond donors (Lipinski definition) is 1. The summed E-state index contributed by atoms with van der Waals surface area (Å²) >= 11 is 0. The van der Waals surface area contributed by atoms with Crippen LogP contribution in [0, 0.1) is 0 Å². The molecule has 1 aliphatic heterocycles. The molecule has 4 nitrogen and oxygen atoms in total. The molecule has 0 aliphatic carbocycles. The van der Waals surface area contributed by atoms with Crippen LogP contribution in [0.2, 0.25) is 0 Å². The van der Waals surface area contributed by atoms with Crippen molar-refractivity contribution in [3.8, 4) is 11.5 Å². The van der Waals surface area contributed by atoms with Crippen molar-refractivity contribution in [1.29, 1.82) is 0 Å². The van der Waals surface area contributed by atoms with Crippen molar-refractivity contribution in [2.24, 2.45) is 5.73 Å². The van der Waals surface area contributed by atoms with Crippen LogP contribution in [0.25, 0.3) is 0 Å². The average Bonchev–Trinajstić information content (AvgIpc) is 2.73. The van der Waals surface area contributed by atoms with E-state index in [4.69, 9.17) is 15.2 Å². The highest BCUT2D eigenvalue weighted by Crippen LogP contribution is 2.33. The fourth-order valence-electron chi connectivity index (χ4n) is 2.88. The summed E-state index contributed by atoms with van der Waals surface area (Å²) in [5.74, 6) is 1.71. The Balaban J connectivity index is 2.22. The lowest BCUT2D eigenvalue weighted by molar-refractivity contribution is 0.201. The number of nitrogens with zero attached hydrogens (tertiary/aromatic N) is 1. The Bertz CT molecular complexity index is 431. The molecule has 1 unspecified atom stereocenters. The molecular weight excluding hydrogens is 264 g/mol. The summed E-state index contributed by atoms with van der Waals surface area (Å²) in [5, 5.41) is 0. The first-order chi connectivity index (χ1) is 10.3. The first kappa shape index (κ1) is 16.1. The van der Waals surface area contributed by atoms with Crippen molar-refractivity contribution in [2.45, 2.75) is 39.2 Å². The van der Waals surface area contributed by atoms with Gasteiger partial charge in [-0.3, -0.25) is 4.90 Å². The number of hydrogen-bond acceptors (Lipinski definition) is 4. The van der Waals surface area contributed by atoms with Crippen LogP contribution in [0.3, 0.4) is 0 Å². The van der Waals surface area contributed by atoms with Crippen LogP contribution in [0.4, 0.5) is 0 Å². The second-order valence-electron chi connectivity index (χ2n) is 5.54. The SMILES string of the molecule is CCCN(CCC)C(CN)c1ccc2c(c1)OCCCO2. The fraction of sp³-hybridized carbons (Fsp3) is 0.647. The highest BCUT2D eigenvalue weighted by atomic mass is 16.5. The van der Waals surface area contributed by atoms with E-state index in [1.54, 1.807) is 0 Å². The Labute approximate surface area is 128 Å². The maximum atomic E-state index is 6.06. The smallest absolute Gasteiger partial charge is 0.161 e. The zero-order valence-corrected chi connectivity index (χ0v) is 13.3. The molecule has 0 amide bonds. The maximum absolute atomic E-state index is 6.06. The molecule has 0 radical (unpaired) electrons. The monoisotopic (exact) mass is 292 g/mol. The molecule has 0 saturated heterocycles. The van der Waals surface area contributed by atoms with E-state index in [-0.39, 0.29) is 6.04 Å². The normalized spacial score (nSPS) is 15.8. The van der Waals surface area contributed by atoms with Gasteiger partial charge in [-0.15, -0.1) is 0 Å². The minimum atomic E-state index is 0.252. The van der Waals surface area contributed by atoms with E-state index in [1.165, 1.54) is 5.56 Å². The van der Waals surface area contributed by atoms with Gasteiger partial charge in [0.15, 0.2) is 11.5 Å². The highest BCUT2D eigenvalue weighted by molar-refractivity contribution is 5.44. The lowest BCUT2D eigenvalue weighted by atomic mass is 10.0. The van der Waals surface area contributed by atoms with Crippen molar-refractivity contribution in [3.63, 3.8) is 0 Å². The standard InChI is InChI=1S/C17H28N2O2/c1-3-8-19(9-4-2)15(13-18)14-6-7-16-17(12-14)21-11-5-10-20-16/h6-7,12,15H,3-5,8-11,13,18H2,1-2H3. The van der Waals surface area contributed by atoms with Crippen molar-refractivity contribution in [2.75, 3.05) is 32.8 Å². The van der Waals surface area contributed by atoms with E-state index in [1.807, 2.05) is 6.07 Å². The molecule has 1 aromatic rings. The van der Waals surface area contributed by atoms with Crippen LogP contribution in [0.15, 0.2) is 18.2 Å². The molecule has 2 N–H and O–H groups in total. The van der Waals surface area contributed by atoms with Gasteiger partial charge in [0.2, 0.25) is 0 Å². The van der Waals surface area contributed by atoms with E-state index in [0.717, 1.165) is 57.1 Å². The molecule has 21 heavy (non-hydrogen) atoms.